The number of nitrogen functional groups attached to an aromatic ring is 1. The molecule has 3 rings (SSSR count). The van der Waals surface area contributed by atoms with Gasteiger partial charge in [-0.3, -0.25) is 0 Å². The maximum Gasteiger partial charge on any atom is 0.183 e. The number of aromatic nitrogens is 4. The summed E-state index contributed by atoms with van der Waals surface area (Å²) in [6, 6.07) is 5.76. The van der Waals surface area contributed by atoms with Crippen LogP contribution in [0.1, 0.15) is 39.2 Å². The molecule has 1 aromatic carbocycles. The SMILES string of the molecule is CC1(C)CCC(n2nnnc2-c2ccc(N)cc2Cl)C1. The summed E-state index contributed by atoms with van der Waals surface area (Å²) in [6.45, 7) is 4.57. The molecule has 1 atom stereocenters. The minimum absolute atomic E-state index is 0.337. The van der Waals surface area contributed by atoms with Crippen molar-refractivity contribution in [2.45, 2.75) is 39.2 Å². The number of nitrogens with zero attached hydrogens (tertiary/aromatic N) is 4. The van der Waals surface area contributed by atoms with E-state index in [2.05, 4.69) is 29.4 Å². The number of halogens is 1. The van der Waals surface area contributed by atoms with Gasteiger partial charge in [-0.15, -0.1) is 5.10 Å². The van der Waals surface area contributed by atoms with Crippen LogP contribution in [0, 0.1) is 5.41 Å². The molecule has 0 bridgehead atoms. The fourth-order valence-electron chi connectivity index (χ4n) is 2.94. The van der Waals surface area contributed by atoms with Crippen LogP contribution in [0.2, 0.25) is 5.02 Å². The molecule has 1 unspecified atom stereocenters. The summed E-state index contributed by atoms with van der Waals surface area (Å²) in [4.78, 5) is 0. The zero-order chi connectivity index (χ0) is 14.3. The summed E-state index contributed by atoms with van der Waals surface area (Å²) in [7, 11) is 0. The predicted molar refractivity (Wildman–Crippen MR) is 79.3 cm³/mol. The Morgan fingerprint density at radius 1 is 1.40 bits per heavy atom. The molecule has 0 amide bonds. The van der Waals surface area contributed by atoms with Crippen molar-refractivity contribution < 1.29 is 0 Å². The molecule has 106 valence electrons. The van der Waals surface area contributed by atoms with Crippen molar-refractivity contribution >= 4 is 17.3 Å². The molecule has 1 fully saturated rings. The molecule has 0 aliphatic heterocycles. The van der Waals surface area contributed by atoms with Gasteiger partial charge in [0.1, 0.15) is 0 Å². The van der Waals surface area contributed by atoms with Gasteiger partial charge in [0, 0.05) is 11.3 Å². The number of hydrogen-bond acceptors (Lipinski definition) is 4. The lowest BCUT2D eigenvalue weighted by Crippen LogP contribution is -2.12. The van der Waals surface area contributed by atoms with Gasteiger partial charge in [0.25, 0.3) is 0 Å². The molecule has 0 radical (unpaired) electrons. The molecule has 20 heavy (non-hydrogen) atoms. The lowest BCUT2D eigenvalue weighted by atomic mass is 9.92. The molecule has 1 saturated carbocycles. The van der Waals surface area contributed by atoms with Crippen LogP contribution in [0.15, 0.2) is 18.2 Å². The molecule has 5 nitrogen and oxygen atoms in total. The van der Waals surface area contributed by atoms with Crippen LogP contribution < -0.4 is 5.73 Å². The highest BCUT2D eigenvalue weighted by Gasteiger charge is 2.34. The maximum absolute atomic E-state index is 6.27. The monoisotopic (exact) mass is 291 g/mol. The summed E-state index contributed by atoms with van der Waals surface area (Å²) >= 11 is 6.27. The van der Waals surface area contributed by atoms with E-state index in [-0.39, 0.29) is 0 Å². The van der Waals surface area contributed by atoms with E-state index in [9.17, 15) is 0 Å². The van der Waals surface area contributed by atoms with E-state index in [4.69, 9.17) is 17.3 Å². The van der Waals surface area contributed by atoms with Gasteiger partial charge in [0.05, 0.1) is 11.1 Å². The van der Waals surface area contributed by atoms with Crippen LogP contribution in [0.4, 0.5) is 5.69 Å². The normalized spacial score (nSPS) is 21.2. The third-order valence-corrected chi connectivity index (χ3v) is 4.33. The third kappa shape index (κ3) is 2.38. The van der Waals surface area contributed by atoms with Gasteiger partial charge in [-0.2, -0.15) is 0 Å². The van der Waals surface area contributed by atoms with E-state index in [0.29, 0.717) is 22.2 Å². The Balaban J connectivity index is 1.98. The second-order valence-electron chi connectivity index (χ2n) is 6.25. The number of hydrogen-bond donors (Lipinski definition) is 1. The van der Waals surface area contributed by atoms with Crippen LogP contribution in [0.25, 0.3) is 11.4 Å². The zero-order valence-corrected chi connectivity index (χ0v) is 12.4. The number of tetrazole rings is 1. The largest absolute Gasteiger partial charge is 0.399 e. The first kappa shape index (κ1) is 13.4. The Kier molecular flexibility index (Phi) is 3.17. The molecule has 1 aliphatic carbocycles. The first-order chi connectivity index (χ1) is 9.46. The third-order valence-electron chi connectivity index (χ3n) is 4.02. The quantitative estimate of drug-likeness (QED) is 0.862. The van der Waals surface area contributed by atoms with Crippen LogP contribution in [-0.4, -0.2) is 20.2 Å². The average Bonchev–Trinajstić information content (AvgIpc) is 2.95. The van der Waals surface area contributed by atoms with Crippen molar-refractivity contribution in [2.75, 3.05) is 5.73 Å². The molecule has 2 aromatic rings. The Hall–Kier alpha value is -1.62. The highest BCUT2D eigenvalue weighted by Crippen LogP contribution is 2.44. The van der Waals surface area contributed by atoms with Crippen LogP contribution >= 0.6 is 11.6 Å². The molecule has 1 heterocycles. The zero-order valence-electron chi connectivity index (χ0n) is 11.7. The first-order valence-corrected chi connectivity index (χ1v) is 7.17. The van der Waals surface area contributed by atoms with E-state index in [0.717, 1.165) is 24.2 Å². The summed E-state index contributed by atoms with van der Waals surface area (Å²) in [6.07, 6.45) is 3.36. The fourth-order valence-corrected chi connectivity index (χ4v) is 3.21. The Labute approximate surface area is 123 Å². The molecule has 2 N–H and O–H groups in total. The topological polar surface area (TPSA) is 69.6 Å². The standard InChI is InChI=1S/C14H18ClN5/c1-14(2)6-5-10(8-14)20-13(17-18-19-20)11-4-3-9(16)7-12(11)15/h3-4,7,10H,5-6,8,16H2,1-2H3. The van der Waals surface area contributed by atoms with Crippen molar-refractivity contribution in [1.82, 2.24) is 20.2 Å². The van der Waals surface area contributed by atoms with Crippen LogP contribution in [-0.2, 0) is 0 Å². The highest BCUT2D eigenvalue weighted by atomic mass is 35.5. The van der Waals surface area contributed by atoms with E-state index >= 15 is 0 Å². The first-order valence-electron chi connectivity index (χ1n) is 6.79. The molecule has 1 aromatic heterocycles. The van der Waals surface area contributed by atoms with Crippen molar-refractivity contribution in [1.29, 1.82) is 0 Å². The van der Waals surface area contributed by atoms with E-state index in [1.165, 1.54) is 6.42 Å². The van der Waals surface area contributed by atoms with Crippen molar-refractivity contribution in [3.8, 4) is 11.4 Å². The molecule has 0 spiro atoms. The number of rotatable bonds is 2. The second kappa shape index (κ2) is 4.74. The molecular formula is C14H18ClN5. The van der Waals surface area contributed by atoms with Crippen molar-refractivity contribution in [3.05, 3.63) is 23.2 Å². The minimum Gasteiger partial charge on any atom is -0.399 e. The summed E-state index contributed by atoms with van der Waals surface area (Å²) < 4.78 is 1.91. The lowest BCUT2D eigenvalue weighted by molar-refractivity contribution is 0.349. The van der Waals surface area contributed by atoms with Crippen LogP contribution in [0.5, 0.6) is 0 Å². The average molecular weight is 292 g/mol. The number of benzene rings is 1. The van der Waals surface area contributed by atoms with Gasteiger partial charge in [0.15, 0.2) is 5.82 Å². The van der Waals surface area contributed by atoms with E-state index < -0.39 is 0 Å². The number of anilines is 1. The molecule has 0 saturated heterocycles. The van der Waals surface area contributed by atoms with E-state index in [1.54, 1.807) is 6.07 Å². The van der Waals surface area contributed by atoms with Gasteiger partial charge in [-0.05, 0) is 53.3 Å². The lowest BCUT2D eigenvalue weighted by Gasteiger charge is -2.17. The minimum atomic E-state index is 0.337. The van der Waals surface area contributed by atoms with Gasteiger partial charge in [-0.1, -0.05) is 25.4 Å². The number of nitrogens with two attached hydrogens (primary N) is 1. The van der Waals surface area contributed by atoms with Gasteiger partial charge < -0.3 is 5.73 Å². The molecule has 6 heteroatoms. The summed E-state index contributed by atoms with van der Waals surface area (Å²) in [5.74, 6) is 0.720. The van der Waals surface area contributed by atoms with Gasteiger partial charge >= 0.3 is 0 Å². The maximum atomic E-state index is 6.27. The van der Waals surface area contributed by atoms with Crippen LogP contribution in [0.3, 0.4) is 0 Å². The summed E-state index contributed by atoms with van der Waals surface area (Å²) in [5.41, 5.74) is 7.55. The Morgan fingerprint density at radius 3 is 2.85 bits per heavy atom. The Morgan fingerprint density at radius 2 is 2.20 bits per heavy atom. The van der Waals surface area contributed by atoms with Gasteiger partial charge in [0.2, 0.25) is 0 Å². The Bertz CT molecular complexity index is 634. The summed E-state index contributed by atoms with van der Waals surface area (Å²) in [5, 5.41) is 12.7. The van der Waals surface area contributed by atoms with Crippen molar-refractivity contribution in [3.63, 3.8) is 0 Å². The molecule has 1 aliphatic rings. The highest BCUT2D eigenvalue weighted by molar-refractivity contribution is 6.33. The smallest absolute Gasteiger partial charge is 0.183 e. The van der Waals surface area contributed by atoms with Gasteiger partial charge in [-0.25, -0.2) is 4.68 Å². The van der Waals surface area contributed by atoms with E-state index in [1.807, 2.05) is 16.8 Å². The predicted octanol–water partition coefficient (Wildman–Crippen LogP) is 3.33. The molecular weight excluding hydrogens is 274 g/mol. The fraction of sp³-hybridized carbons (Fsp3) is 0.500. The van der Waals surface area contributed by atoms with Crippen molar-refractivity contribution in [2.24, 2.45) is 5.41 Å². The second-order valence-corrected chi connectivity index (χ2v) is 6.65.